The minimum atomic E-state index is -2.87. The van der Waals surface area contributed by atoms with Crippen LogP contribution in [0.4, 0.5) is 0 Å². The van der Waals surface area contributed by atoms with Crippen molar-refractivity contribution in [1.29, 1.82) is 0 Å². The highest BCUT2D eigenvalue weighted by atomic mass is 35.5. The van der Waals surface area contributed by atoms with Crippen molar-refractivity contribution in [1.82, 2.24) is 4.57 Å². The van der Waals surface area contributed by atoms with Crippen LogP contribution in [0.15, 0.2) is 6.07 Å². The Kier molecular flexibility index (Phi) is 4.30. The van der Waals surface area contributed by atoms with Gasteiger partial charge in [-0.15, -0.1) is 11.6 Å². The van der Waals surface area contributed by atoms with E-state index in [1.165, 1.54) is 0 Å². The summed E-state index contributed by atoms with van der Waals surface area (Å²) in [6.45, 7) is 5.53. The van der Waals surface area contributed by atoms with Gasteiger partial charge in [-0.25, -0.2) is 8.42 Å². The van der Waals surface area contributed by atoms with E-state index in [9.17, 15) is 13.2 Å². The highest BCUT2D eigenvalue weighted by molar-refractivity contribution is 7.91. The lowest BCUT2D eigenvalue weighted by molar-refractivity contribution is 0.0991. The van der Waals surface area contributed by atoms with Gasteiger partial charge in [-0.1, -0.05) is 0 Å². The summed E-state index contributed by atoms with van der Waals surface area (Å²) in [4.78, 5) is 12.1. The number of hydrogen-bond donors (Lipinski definition) is 0. The van der Waals surface area contributed by atoms with E-state index in [1.54, 1.807) is 6.92 Å². The average molecular weight is 318 g/mol. The Bertz CT molecular complexity index is 617. The molecule has 0 N–H and O–H groups in total. The molecule has 0 bridgehead atoms. The van der Waals surface area contributed by atoms with E-state index in [-0.39, 0.29) is 23.3 Å². The van der Waals surface area contributed by atoms with Crippen LogP contribution in [-0.4, -0.2) is 35.7 Å². The SMILES string of the molecule is Cc1cc(C(=O)C(C)Cl)c(C)n1C1CCS(=O)(=O)CC1. The molecule has 1 atom stereocenters. The number of hydrogen-bond acceptors (Lipinski definition) is 3. The number of carbonyl (C=O) groups excluding carboxylic acids is 1. The second-order valence-electron chi connectivity index (χ2n) is 5.52. The predicted molar refractivity (Wildman–Crippen MR) is 80.5 cm³/mol. The van der Waals surface area contributed by atoms with E-state index in [0.717, 1.165) is 11.4 Å². The zero-order valence-electron chi connectivity index (χ0n) is 12.0. The van der Waals surface area contributed by atoms with E-state index >= 15 is 0 Å². The molecule has 0 spiro atoms. The number of Topliss-reactive ketones (excluding diaryl/α,β-unsaturated/α-hetero) is 1. The lowest BCUT2D eigenvalue weighted by atomic mass is 10.1. The van der Waals surface area contributed by atoms with Crippen LogP contribution in [0.2, 0.25) is 0 Å². The number of nitrogens with zero attached hydrogens (tertiary/aromatic N) is 1. The second-order valence-corrected chi connectivity index (χ2v) is 8.48. The van der Waals surface area contributed by atoms with Crippen LogP contribution in [0.25, 0.3) is 0 Å². The van der Waals surface area contributed by atoms with Crippen molar-refractivity contribution in [2.45, 2.75) is 45.0 Å². The molecule has 4 nitrogen and oxygen atoms in total. The summed E-state index contributed by atoms with van der Waals surface area (Å²) >= 11 is 5.88. The standard InChI is InChI=1S/C14H20ClNO3S/c1-9-8-13(14(17)10(2)15)11(3)16(9)12-4-6-20(18,19)7-5-12/h8,10,12H,4-7H2,1-3H3. The van der Waals surface area contributed by atoms with E-state index in [2.05, 4.69) is 4.57 Å². The van der Waals surface area contributed by atoms with Gasteiger partial charge in [-0.05, 0) is 39.7 Å². The molecule has 1 aliphatic heterocycles. The summed E-state index contributed by atoms with van der Waals surface area (Å²) in [5.41, 5.74) is 2.54. The van der Waals surface area contributed by atoms with Gasteiger partial charge in [0.2, 0.25) is 0 Å². The van der Waals surface area contributed by atoms with Gasteiger partial charge in [0.1, 0.15) is 9.84 Å². The normalized spacial score (nSPS) is 20.8. The molecule has 0 saturated carbocycles. The average Bonchev–Trinajstić information content (AvgIpc) is 2.65. The number of aromatic nitrogens is 1. The summed E-state index contributed by atoms with van der Waals surface area (Å²) in [6, 6.07) is 2.02. The molecule has 0 aliphatic carbocycles. The zero-order valence-corrected chi connectivity index (χ0v) is 13.6. The third kappa shape index (κ3) is 2.93. The first-order valence-electron chi connectivity index (χ1n) is 6.80. The Labute approximate surface area is 125 Å². The maximum Gasteiger partial charge on any atom is 0.182 e. The van der Waals surface area contributed by atoms with Crippen molar-refractivity contribution in [3.8, 4) is 0 Å². The molecule has 112 valence electrons. The zero-order chi connectivity index (χ0) is 15.1. The molecule has 0 aromatic carbocycles. The summed E-state index contributed by atoms with van der Waals surface area (Å²) in [5.74, 6) is 0.378. The van der Waals surface area contributed by atoms with E-state index in [0.29, 0.717) is 18.4 Å². The molecule has 1 aliphatic rings. The van der Waals surface area contributed by atoms with Crippen molar-refractivity contribution >= 4 is 27.2 Å². The van der Waals surface area contributed by atoms with Crippen molar-refractivity contribution < 1.29 is 13.2 Å². The number of alkyl halides is 1. The van der Waals surface area contributed by atoms with E-state index in [1.807, 2.05) is 19.9 Å². The third-order valence-corrected chi connectivity index (χ3v) is 5.91. The fourth-order valence-corrected chi connectivity index (χ4v) is 4.52. The smallest absolute Gasteiger partial charge is 0.182 e. The van der Waals surface area contributed by atoms with E-state index in [4.69, 9.17) is 11.6 Å². The van der Waals surface area contributed by atoms with Gasteiger partial charge in [-0.2, -0.15) is 0 Å². The summed E-state index contributed by atoms with van der Waals surface area (Å²) in [5, 5.41) is -0.546. The van der Waals surface area contributed by atoms with Crippen LogP contribution in [0.5, 0.6) is 0 Å². The molecule has 0 radical (unpaired) electrons. The molecular formula is C14H20ClNO3S. The highest BCUT2D eigenvalue weighted by Gasteiger charge is 2.28. The van der Waals surface area contributed by atoms with E-state index < -0.39 is 15.2 Å². The number of rotatable bonds is 3. The number of carbonyl (C=O) groups is 1. The number of sulfone groups is 1. The fraction of sp³-hybridized carbons (Fsp3) is 0.643. The number of halogens is 1. The molecular weight excluding hydrogens is 298 g/mol. The maximum absolute atomic E-state index is 12.1. The van der Waals surface area contributed by atoms with Crippen LogP contribution in [0, 0.1) is 13.8 Å². The predicted octanol–water partition coefficient (Wildman–Crippen LogP) is 2.66. The largest absolute Gasteiger partial charge is 0.345 e. The summed E-state index contributed by atoms with van der Waals surface area (Å²) in [6.07, 6.45) is 1.23. The quantitative estimate of drug-likeness (QED) is 0.636. The van der Waals surface area contributed by atoms with Gasteiger partial charge in [0.15, 0.2) is 5.78 Å². The van der Waals surface area contributed by atoms with Gasteiger partial charge in [-0.3, -0.25) is 4.79 Å². The lowest BCUT2D eigenvalue weighted by Gasteiger charge is -2.26. The highest BCUT2D eigenvalue weighted by Crippen LogP contribution is 2.30. The molecule has 1 aromatic heterocycles. The van der Waals surface area contributed by atoms with Crippen molar-refractivity contribution in [2.75, 3.05) is 11.5 Å². The molecule has 1 aromatic rings. The number of aryl methyl sites for hydroxylation is 1. The molecule has 2 heterocycles. The van der Waals surface area contributed by atoms with Gasteiger partial charge in [0, 0.05) is 23.0 Å². The Balaban J connectivity index is 2.32. The third-order valence-electron chi connectivity index (χ3n) is 4.00. The molecule has 6 heteroatoms. The first-order valence-corrected chi connectivity index (χ1v) is 9.06. The van der Waals surface area contributed by atoms with Crippen LogP contribution in [-0.2, 0) is 9.84 Å². The summed E-state index contributed by atoms with van der Waals surface area (Å²) in [7, 11) is -2.87. The van der Waals surface area contributed by atoms with Crippen LogP contribution >= 0.6 is 11.6 Å². The monoisotopic (exact) mass is 317 g/mol. The molecule has 1 unspecified atom stereocenters. The Morgan fingerprint density at radius 1 is 1.35 bits per heavy atom. The molecule has 1 saturated heterocycles. The minimum Gasteiger partial charge on any atom is -0.345 e. The van der Waals surface area contributed by atoms with Gasteiger partial charge >= 0.3 is 0 Å². The number of ketones is 1. The second kappa shape index (κ2) is 5.53. The molecule has 1 fully saturated rings. The molecule has 0 amide bonds. The van der Waals surface area contributed by atoms with Crippen LogP contribution in [0.1, 0.15) is 47.6 Å². The molecule has 20 heavy (non-hydrogen) atoms. The molecule has 2 rings (SSSR count). The van der Waals surface area contributed by atoms with Gasteiger partial charge < -0.3 is 4.57 Å². The first-order chi connectivity index (χ1) is 9.23. The van der Waals surface area contributed by atoms with Crippen LogP contribution < -0.4 is 0 Å². The Morgan fingerprint density at radius 3 is 2.40 bits per heavy atom. The summed E-state index contributed by atoms with van der Waals surface area (Å²) < 4.78 is 25.1. The fourth-order valence-electron chi connectivity index (χ4n) is 2.94. The topological polar surface area (TPSA) is 56.1 Å². The Hall–Kier alpha value is -0.810. The van der Waals surface area contributed by atoms with Gasteiger partial charge in [0.25, 0.3) is 0 Å². The van der Waals surface area contributed by atoms with Gasteiger partial charge in [0.05, 0.1) is 16.9 Å². The van der Waals surface area contributed by atoms with Crippen LogP contribution in [0.3, 0.4) is 0 Å². The van der Waals surface area contributed by atoms with Crippen molar-refractivity contribution in [3.63, 3.8) is 0 Å². The first kappa shape index (κ1) is 15.6. The van der Waals surface area contributed by atoms with Crippen molar-refractivity contribution in [2.24, 2.45) is 0 Å². The Morgan fingerprint density at radius 2 is 1.90 bits per heavy atom. The van der Waals surface area contributed by atoms with Crippen molar-refractivity contribution in [3.05, 3.63) is 23.0 Å². The minimum absolute atomic E-state index is 0.0746. The lowest BCUT2D eigenvalue weighted by Crippen LogP contribution is -2.26. The maximum atomic E-state index is 12.1.